The van der Waals surface area contributed by atoms with Crippen molar-refractivity contribution in [3.63, 3.8) is 0 Å². The summed E-state index contributed by atoms with van der Waals surface area (Å²) in [7, 11) is 1.42. The number of rotatable bonds is 9. The molecule has 0 N–H and O–H groups in total. The van der Waals surface area contributed by atoms with Crippen LogP contribution in [0.3, 0.4) is 0 Å². The number of hydrogen-bond acceptors (Lipinski definition) is 5. The van der Waals surface area contributed by atoms with Crippen LogP contribution >= 0.6 is 0 Å². The second kappa shape index (κ2) is 10.5. The Kier molecular flexibility index (Phi) is 7.71. The van der Waals surface area contributed by atoms with E-state index >= 15 is 0 Å². The molecule has 1 aliphatic rings. The summed E-state index contributed by atoms with van der Waals surface area (Å²) >= 11 is 0. The lowest BCUT2D eigenvalue weighted by atomic mass is 9.80. The number of halogens is 3. The molecule has 0 aromatic heterocycles. The minimum Gasteiger partial charge on any atom is -0.498 e. The van der Waals surface area contributed by atoms with Gasteiger partial charge in [0.1, 0.15) is 11.9 Å². The van der Waals surface area contributed by atoms with Gasteiger partial charge in [-0.1, -0.05) is 48.5 Å². The highest BCUT2D eigenvalue weighted by atomic mass is 19.4. The fourth-order valence-electron chi connectivity index (χ4n) is 3.70. The number of hydrogen-bond donors (Lipinski definition) is 0. The van der Waals surface area contributed by atoms with Gasteiger partial charge < -0.3 is 14.2 Å². The molecule has 8 heteroatoms. The molecule has 0 heterocycles. The summed E-state index contributed by atoms with van der Waals surface area (Å²) in [6, 6.07) is 13.4. The van der Waals surface area contributed by atoms with Crippen LogP contribution in [0.1, 0.15) is 35.4 Å². The fraction of sp³-hybridized carbons (Fsp3) is 0.280. The first-order valence-electron chi connectivity index (χ1n) is 10.3. The molecule has 2 unspecified atom stereocenters. The van der Waals surface area contributed by atoms with E-state index in [1.165, 1.54) is 31.4 Å². The van der Waals surface area contributed by atoms with Gasteiger partial charge in [0, 0.05) is 19.1 Å². The Labute approximate surface area is 189 Å². The molecule has 3 rings (SSSR count). The Balaban J connectivity index is 1.93. The largest absolute Gasteiger partial charge is 0.573 e. The van der Waals surface area contributed by atoms with Crippen molar-refractivity contribution in [2.75, 3.05) is 13.7 Å². The van der Waals surface area contributed by atoms with Crippen LogP contribution in [0.2, 0.25) is 0 Å². The highest BCUT2D eigenvalue weighted by Gasteiger charge is 2.36. The first-order chi connectivity index (χ1) is 15.7. The average molecular weight is 460 g/mol. The van der Waals surface area contributed by atoms with Crippen molar-refractivity contribution in [2.24, 2.45) is 5.92 Å². The Hall–Kier alpha value is -3.39. The third-order valence-electron chi connectivity index (χ3n) is 5.13. The molecule has 2 aromatic carbocycles. The van der Waals surface area contributed by atoms with Crippen LogP contribution in [-0.4, -0.2) is 31.6 Å². The normalized spacial score (nSPS) is 16.9. The average Bonchev–Trinajstić information content (AvgIpc) is 2.80. The third-order valence-corrected chi connectivity index (χ3v) is 5.13. The number of carbonyl (C=O) groups excluding carboxylic acids is 2. The smallest absolute Gasteiger partial charge is 0.498 e. The maximum absolute atomic E-state index is 13.2. The van der Waals surface area contributed by atoms with E-state index in [4.69, 9.17) is 9.47 Å². The van der Waals surface area contributed by atoms with Gasteiger partial charge in [0.15, 0.2) is 0 Å². The van der Waals surface area contributed by atoms with Gasteiger partial charge in [-0.3, -0.25) is 9.59 Å². The molecule has 5 nitrogen and oxygen atoms in total. The monoisotopic (exact) mass is 460 g/mol. The summed E-state index contributed by atoms with van der Waals surface area (Å²) in [5.41, 5.74) is 1.30. The van der Waals surface area contributed by atoms with Crippen molar-refractivity contribution in [1.29, 1.82) is 0 Å². The number of alkyl halides is 3. The molecule has 2 aromatic rings. The van der Waals surface area contributed by atoms with Crippen LogP contribution in [-0.2, 0) is 14.3 Å². The van der Waals surface area contributed by atoms with Gasteiger partial charge in [0.05, 0.1) is 18.3 Å². The van der Waals surface area contributed by atoms with Gasteiger partial charge in [0.25, 0.3) is 0 Å². The number of Topliss-reactive ketones (excluding diaryl/α,β-unsaturated/α-hetero) is 2. The third kappa shape index (κ3) is 6.10. The number of methoxy groups -OCH3 is 1. The van der Waals surface area contributed by atoms with E-state index in [0.29, 0.717) is 23.5 Å². The molecule has 0 spiro atoms. The minimum atomic E-state index is -4.80. The maximum Gasteiger partial charge on any atom is 0.573 e. The van der Waals surface area contributed by atoms with Crippen LogP contribution in [0, 0.1) is 5.92 Å². The predicted octanol–water partition coefficient (Wildman–Crippen LogP) is 5.59. The quantitative estimate of drug-likeness (QED) is 0.361. The highest BCUT2D eigenvalue weighted by Crippen LogP contribution is 2.38. The Morgan fingerprint density at radius 2 is 1.70 bits per heavy atom. The summed E-state index contributed by atoms with van der Waals surface area (Å²) in [5, 5.41) is 0. The molecular weight excluding hydrogens is 437 g/mol. The van der Waals surface area contributed by atoms with Gasteiger partial charge in [-0.05, 0) is 36.3 Å². The van der Waals surface area contributed by atoms with Crippen molar-refractivity contribution in [3.8, 4) is 5.75 Å². The molecular formula is C25H23F3O5. The molecule has 2 atom stereocenters. The second-order valence-electron chi connectivity index (χ2n) is 7.28. The van der Waals surface area contributed by atoms with E-state index < -0.39 is 30.0 Å². The second-order valence-corrected chi connectivity index (χ2v) is 7.28. The first kappa shape index (κ1) is 24.3. The molecule has 0 saturated heterocycles. The molecule has 0 bridgehead atoms. The van der Waals surface area contributed by atoms with E-state index in [9.17, 15) is 22.8 Å². The Morgan fingerprint density at radius 3 is 2.27 bits per heavy atom. The first-order valence-corrected chi connectivity index (χ1v) is 10.3. The molecule has 1 aliphatic carbocycles. The van der Waals surface area contributed by atoms with Gasteiger partial charge in [-0.2, -0.15) is 0 Å². The fourth-order valence-corrected chi connectivity index (χ4v) is 3.70. The highest BCUT2D eigenvalue weighted by molar-refractivity contribution is 6.44. The molecule has 0 amide bonds. The number of allylic oxidation sites excluding steroid dienone is 3. The molecule has 174 valence electrons. The zero-order valence-electron chi connectivity index (χ0n) is 18.1. The topological polar surface area (TPSA) is 61.8 Å². The summed E-state index contributed by atoms with van der Waals surface area (Å²) in [5.74, 6) is -1.90. The SMILES string of the molecule is CCOC1=CC=C(C(OC)c2ccc(OC(F)(F)F)cc2)C(C(=O)C(=O)c2ccccc2)C1. The number of carbonyl (C=O) groups is 2. The lowest BCUT2D eigenvalue weighted by Crippen LogP contribution is -2.30. The molecule has 0 radical (unpaired) electrons. The summed E-state index contributed by atoms with van der Waals surface area (Å²) < 4.78 is 52.5. The lowest BCUT2D eigenvalue weighted by Gasteiger charge is -2.29. The lowest BCUT2D eigenvalue weighted by molar-refractivity contribution is -0.274. The Bertz CT molecular complexity index is 1040. The van der Waals surface area contributed by atoms with E-state index in [-0.39, 0.29) is 17.7 Å². The number of benzene rings is 2. The van der Waals surface area contributed by atoms with Crippen LogP contribution in [0.4, 0.5) is 13.2 Å². The molecule has 0 fully saturated rings. The molecule has 33 heavy (non-hydrogen) atoms. The van der Waals surface area contributed by atoms with Crippen molar-refractivity contribution in [2.45, 2.75) is 25.8 Å². The molecule has 0 saturated carbocycles. The van der Waals surface area contributed by atoms with Gasteiger partial charge >= 0.3 is 6.36 Å². The van der Waals surface area contributed by atoms with Crippen molar-refractivity contribution in [1.82, 2.24) is 0 Å². The molecule has 0 aliphatic heterocycles. The Morgan fingerprint density at radius 1 is 1.03 bits per heavy atom. The predicted molar refractivity (Wildman–Crippen MR) is 115 cm³/mol. The standard InChI is InChI=1S/C25H23F3O5/c1-3-32-19-13-14-20(21(15-19)23(30)22(29)16-7-5-4-6-8-16)24(31-2)17-9-11-18(12-10-17)33-25(26,27)28/h4-14,21,24H,3,15H2,1-2H3. The maximum atomic E-state index is 13.2. The van der Waals surface area contributed by atoms with Crippen LogP contribution in [0.25, 0.3) is 0 Å². The van der Waals surface area contributed by atoms with E-state index in [0.717, 1.165) is 0 Å². The van der Waals surface area contributed by atoms with E-state index in [1.54, 1.807) is 42.5 Å². The van der Waals surface area contributed by atoms with Gasteiger partial charge in [-0.15, -0.1) is 13.2 Å². The van der Waals surface area contributed by atoms with Gasteiger partial charge in [0.2, 0.25) is 11.6 Å². The van der Waals surface area contributed by atoms with Crippen LogP contribution in [0.5, 0.6) is 5.75 Å². The van der Waals surface area contributed by atoms with Crippen LogP contribution in [0.15, 0.2) is 78.1 Å². The number of ether oxygens (including phenoxy) is 3. The minimum absolute atomic E-state index is 0.173. The van der Waals surface area contributed by atoms with Gasteiger partial charge in [-0.25, -0.2) is 0 Å². The van der Waals surface area contributed by atoms with Crippen LogP contribution < -0.4 is 4.74 Å². The summed E-state index contributed by atoms with van der Waals surface area (Å²) in [6.45, 7) is 2.21. The van der Waals surface area contributed by atoms with E-state index in [1.807, 2.05) is 6.92 Å². The van der Waals surface area contributed by atoms with Crippen molar-refractivity contribution < 1.29 is 37.0 Å². The summed E-state index contributed by atoms with van der Waals surface area (Å²) in [4.78, 5) is 26.1. The van der Waals surface area contributed by atoms with Crippen molar-refractivity contribution >= 4 is 11.6 Å². The number of ketones is 2. The van der Waals surface area contributed by atoms with E-state index in [2.05, 4.69) is 4.74 Å². The zero-order chi connectivity index (χ0) is 24.0. The zero-order valence-corrected chi connectivity index (χ0v) is 18.1. The van der Waals surface area contributed by atoms with Crippen molar-refractivity contribution in [3.05, 3.63) is 89.2 Å². The summed E-state index contributed by atoms with van der Waals surface area (Å²) in [6.07, 6.45) is -2.01.